The van der Waals surface area contributed by atoms with E-state index in [1.54, 1.807) is 24.0 Å². The molecule has 0 radical (unpaired) electrons. The third-order valence-electron chi connectivity index (χ3n) is 4.67. The number of ether oxygens (including phenoxy) is 1. The molecule has 1 aromatic carbocycles. The molecule has 28 heavy (non-hydrogen) atoms. The molecule has 156 valence electrons. The Morgan fingerprint density at radius 3 is 2.43 bits per heavy atom. The van der Waals surface area contributed by atoms with Gasteiger partial charge in [-0.15, -0.1) is 0 Å². The summed E-state index contributed by atoms with van der Waals surface area (Å²) in [6.45, 7) is 4.98. The van der Waals surface area contributed by atoms with Gasteiger partial charge in [-0.25, -0.2) is 4.79 Å². The fourth-order valence-electron chi connectivity index (χ4n) is 2.99. The highest BCUT2D eigenvalue weighted by Crippen LogP contribution is 2.22. The molecular weight excluding hydrogens is 384 g/mol. The molecular formula is C19H28N2O6S. The van der Waals surface area contributed by atoms with Gasteiger partial charge in [0.2, 0.25) is 0 Å². The predicted octanol–water partition coefficient (Wildman–Crippen LogP) is 2.08. The van der Waals surface area contributed by atoms with Crippen LogP contribution in [0.25, 0.3) is 0 Å². The topological polar surface area (TPSA) is 102 Å². The third kappa shape index (κ3) is 6.79. The van der Waals surface area contributed by atoms with Crippen molar-refractivity contribution in [2.24, 2.45) is 5.92 Å². The third-order valence-corrected chi connectivity index (χ3v) is 5.99. The Kier molecular flexibility index (Phi) is 8.25. The van der Waals surface area contributed by atoms with Crippen molar-refractivity contribution in [1.29, 1.82) is 0 Å². The van der Waals surface area contributed by atoms with E-state index in [4.69, 9.17) is 8.92 Å². The van der Waals surface area contributed by atoms with Crippen LogP contribution < -0.4 is 5.32 Å². The van der Waals surface area contributed by atoms with E-state index in [0.717, 1.165) is 18.4 Å². The highest BCUT2D eigenvalue weighted by molar-refractivity contribution is 7.86. The van der Waals surface area contributed by atoms with Gasteiger partial charge in [-0.3, -0.25) is 8.98 Å². The number of nitrogens with one attached hydrogen (secondary N) is 1. The largest absolute Gasteiger partial charge is 0.465 e. The summed E-state index contributed by atoms with van der Waals surface area (Å²) in [5.74, 6) is -0.167. The van der Waals surface area contributed by atoms with Crippen molar-refractivity contribution in [2.45, 2.75) is 38.0 Å². The molecule has 8 nitrogen and oxygen atoms in total. The van der Waals surface area contributed by atoms with Crippen molar-refractivity contribution < 1.29 is 26.9 Å². The first-order valence-corrected chi connectivity index (χ1v) is 10.9. The molecule has 2 amide bonds. The first kappa shape index (κ1) is 22.2. The molecule has 1 aromatic rings. The van der Waals surface area contributed by atoms with Gasteiger partial charge in [-0.2, -0.15) is 8.42 Å². The zero-order chi connectivity index (χ0) is 20.6. The van der Waals surface area contributed by atoms with Crippen molar-refractivity contribution in [3.8, 4) is 0 Å². The van der Waals surface area contributed by atoms with Crippen LogP contribution in [0, 0.1) is 12.8 Å². The molecule has 0 saturated carbocycles. The number of hydrogen-bond donors (Lipinski definition) is 1. The minimum Gasteiger partial charge on any atom is -0.465 e. The summed E-state index contributed by atoms with van der Waals surface area (Å²) in [5.41, 5.74) is 0.983. The maximum Gasteiger partial charge on any atom is 0.325 e. The number of likely N-dealkylation sites (tertiary alicyclic amines) is 1. The quantitative estimate of drug-likeness (QED) is 0.518. The van der Waals surface area contributed by atoms with Crippen LogP contribution in [-0.2, 0) is 23.8 Å². The van der Waals surface area contributed by atoms with Gasteiger partial charge < -0.3 is 15.0 Å². The summed E-state index contributed by atoms with van der Waals surface area (Å²) in [4.78, 5) is 25.1. The number of amides is 2. The van der Waals surface area contributed by atoms with Gasteiger partial charge in [0.05, 0.1) is 18.1 Å². The number of benzene rings is 1. The number of piperidine rings is 1. The van der Waals surface area contributed by atoms with Gasteiger partial charge in [-0.05, 0) is 51.2 Å². The Balaban J connectivity index is 1.69. The molecule has 0 atom stereocenters. The van der Waals surface area contributed by atoms with E-state index < -0.39 is 16.1 Å². The Morgan fingerprint density at radius 2 is 1.82 bits per heavy atom. The highest BCUT2D eigenvalue weighted by atomic mass is 32.2. The molecule has 0 aromatic heterocycles. The molecule has 0 spiro atoms. The van der Waals surface area contributed by atoms with Crippen LogP contribution in [0.5, 0.6) is 0 Å². The first-order valence-electron chi connectivity index (χ1n) is 9.46. The van der Waals surface area contributed by atoms with Crippen LogP contribution >= 0.6 is 0 Å². The smallest absolute Gasteiger partial charge is 0.325 e. The van der Waals surface area contributed by atoms with Crippen LogP contribution in [-0.4, -0.2) is 58.2 Å². The number of urea groups is 1. The first-order chi connectivity index (χ1) is 13.3. The second kappa shape index (κ2) is 10.4. The van der Waals surface area contributed by atoms with Gasteiger partial charge in [0, 0.05) is 13.1 Å². The number of rotatable bonds is 8. The van der Waals surface area contributed by atoms with Gasteiger partial charge >= 0.3 is 12.0 Å². The number of carbonyl (C=O) groups excluding carboxylic acids is 2. The molecule has 1 aliphatic heterocycles. The Labute approximate surface area is 166 Å². The normalized spacial score (nSPS) is 15.3. The number of nitrogens with zero attached hydrogens (tertiary/aromatic N) is 1. The molecule has 9 heteroatoms. The number of carbonyl (C=O) groups is 2. The highest BCUT2D eigenvalue weighted by Gasteiger charge is 2.24. The summed E-state index contributed by atoms with van der Waals surface area (Å²) < 4.78 is 34.3. The Hall–Kier alpha value is -2.13. The minimum atomic E-state index is -3.74. The fraction of sp³-hybridized carbons (Fsp3) is 0.579. The van der Waals surface area contributed by atoms with E-state index >= 15 is 0 Å². The van der Waals surface area contributed by atoms with Crippen molar-refractivity contribution >= 4 is 22.1 Å². The molecule has 0 unspecified atom stereocenters. The van der Waals surface area contributed by atoms with Crippen LogP contribution in [0.15, 0.2) is 29.2 Å². The summed E-state index contributed by atoms with van der Waals surface area (Å²) in [6.07, 6.45) is 2.14. The Morgan fingerprint density at radius 1 is 1.18 bits per heavy atom. The summed E-state index contributed by atoms with van der Waals surface area (Å²) in [7, 11) is -3.74. The summed E-state index contributed by atoms with van der Waals surface area (Å²) in [6, 6.07) is 6.26. The van der Waals surface area contributed by atoms with Crippen LogP contribution in [0.2, 0.25) is 0 Å². The van der Waals surface area contributed by atoms with Crippen LogP contribution in [0.3, 0.4) is 0 Å². The predicted molar refractivity (Wildman–Crippen MR) is 103 cm³/mol. The number of aryl methyl sites for hydroxylation is 1. The minimum absolute atomic E-state index is 0.121. The fourth-order valence-corrected chi connectivity index (χ4v) is 3.91. The van der Waals surface area contributed by atoms with E-state index in [0.29, 0.717) is 25.4 Å². The molecule has 1 aliphatic rings. The maximum absolute atomic E-state index is 12.2. The van der Waals surface area contributed by atoms with Crippen molar-refractivity contribution in [3.05, 3.63) is 29.8 Å². The van der Waals surface area contributed by atoms with Gasteiger partial charge in [0.15, 0.2) is 0 Å². The maximum atomic E-state index is 12.2. The van der Waals surface area contributed by atoms with E-state index in [9.17, 15) is 18.0 Å². The van der Waals surface area contributed by atoms with Crippen LogP contribution in [0.1, 0.15) is 31.7 Å². The number of hydrogen-bond acceptors (Lipinski definition) is 6. The average Bonchev–Trinajstić information content (AvgIpc) is 2.67. The van der Waals surface area contributed by atoms with E-state index in [-0.39, 0.29) is 30.7 Å². The molecule has 0 aliphatic carbocycles. The van der Waals surface area contributed by atoms with Crippen LogP contribution in [0.4, 0.5) is 4.79 Å². The standard InChI is InChI=1S/C19H28N2O6S/c1-3-26-18(22)14-20-19(23)21-11-8-16(9-12-21)10-13-27-28(24,25)17-6-4-15(2)5-7-17/h4-7,16H,3,8-14H2,1-2H3,(H,20,23). The van der Waals surface area contributed by atoms with Gasteiger partial charge in [-0.1, -0.05) is 17.7 Å². The van der Waals surface area contributed by atoms with Gasteiger partial charge in [0.1, 0.15) is 6.54 Å². The SMILES string of the molecule is CCOC(=O)CNC(=O)N1CCC(CCOS(=O)(=O)c2ccc(C)cc2)CC1. The zero-order valence-electron chi connectivity index (χ0n) is 16.3. The van der Waals surface area contributed by atoms with Crippen molar-refractivity contribution in [1.82, 2.24) is 10.2 Å². The molecule has 0 bridgehead atoms. The lowest BCUT2D eigenvalue weighted by atomic mass is 9.94. The van der Waals surface area contributed by atoms with E-state index in [1.165, 1.54) is 12.1 Å². The monoisotopic (exact) mass is 412 g/mol. The zero-order valence-corrected chi connectivity index (χ0v) is 17.2. The lowest BCUT2D eigenvalue weighted by Gasteiger charge is -2.31. The lowest BCUT2D eigenvalue weighted by molar-refractivity contribution is -0.141. The van der Waals surface area contributed by atoms with Crippen molar-refractivity contribution in [3.63, 3.8) is 0 Å². The van der Waals surface area contributed by atoms with Gasteiger partial charge in [0.25, 0.3) is 10.1 Å². The molecule has 1 heterocycles. The second-order valence-corrected chi connectivity index (χ2v) is 8.39. The molecule has 1 saturated heterocycles. The molecule has 1 N–H and O–H groups in total. The van der Waals surface area contributed by atoms with Crippen molar-refractivity contribution in [2.75, 3.05) is 32.8 Å². The lowest BCUT2D eigenvalue weighted by Crippen LogP contribution is -2.46. The summed E-state index contributed by atoms with van der Waals surface area (Å²) in [5, 5.41) is 2.55. The Bertz CT molecular complexity index is 755. The average molecular weight is 413 g/mol. The number of esters is 1. The molecule has 2 rings (SSSR count). The van der Waals surface area contributed by atoms with E-state index in [2.05, 4.69) is 5.32 Å². The van der Waals surface area contributed by atoms with E-state index in [1.807, 2.05) is 6.92 Å². The summed E-state index contributed by atoms with van der Waals surface area (Å²) >= 11 is 0. The second-order valence-electron chi connectivity index (χ2n) is 6.77. The molecule has 1 fully saturated rings.